The first-order valence-electron chi connectivity index (χ1n) is 9.85. The van der Waals surface area contributed by atoms with E-state index in [1.165, 1.54) is 0 Å². The van der Waals surface area contributed by atoms with Crippen LogP contribution in [0.1, 0.15) is 12.7 Å². The second-order valence-corrected chi connectivity index (χ2v) is 8.13. The molecule has 0 aliphatic heterocycles. The van der Waals surface area contributed by atoms with E-state index in [9.17, 15) is 0 Å². The second-order valence-electron chi connectivity index (χ2n) is 7.22. The fourth-order valence-electron chi connectivity index (χ4n) is 3.62. The fourth-order valence-corrected chi connectivity index (χ4v) is 3.98. The lowest BCUT2D eigenvalue weighted by Gasteiger charge is -2.09. The number of halogens is 1. The number of aryl methyl sites for hydroxylation is 1. The van der Waals surface area contributed by atoms with Crippen molar-refractivity contribution in [3.05, 3.63) is 83.1 Å². The Labute approximate surface area is 187 Å². The number of nitrogens with one attached hydrogen (secondary N) is 1. The molecule has 0 fully saturated rings. The minimum absolute atomic E-state index is 0.437. The van der Waals surface area contributed by atoms with Crippen LogP contribution >= 0.6 is 15.9 Å². The molecule has 152 valence electrons. The van der Waals surface area contributed by atoms with Crippen LogP contribution in [0.25, 0.3) is 33.2 Å². The molecular formula is C24H19BrN6. The van der Waals surface area contributed by atoms with Crippen LogP contribution in [-0.2, 0) is 7.05 Å². The monoisotopic (exact) mass is 470 g/mol. The van der Waals surface area contributed by atoms with Gasteiger partial charge in [-0.25, -0.2) is 20.4 Å². The molecule has 0 radical (unpaired) electrons. The van der Waals surface area contributed by atoms with Crippen LogP contribution in [0.4, 0.5) is 5.95 Å². The Bertz CT molecular complexity index is 1440. The van der Waals surface area contributed by atoms with Gasteiger partial charge in [0.1, 0.15) is 5.71 Å². The molecule has 5 rings (SSSR count). The normalized spacial score (nSPS) is 11.9. The molecule has 31 heavy (non-hydrogen) atoms. The van der Waals surface area contributed by atoms with E-state index in [0.29, 0.717) is 5.95 Å². The van der Waals surface area contributed by atoms with Gasteiger partial charge in [0.15, 0.2) is 5.82 Å². The molecule has 1 N–H and O–H groups in total. The Kier molecular flexibility index (Phi) is 4.95. The number of imidazole rings is 1. The summed E-state index contributed by atoms with van der Waals surface area (Å²) in [7, 11) is 1.99. The summed E-state index contributed by atoms with van der Waals surface area (Å²) in [5, 5.41) is 5.50. The zero-order valence-electron chi connectivity index (χ0n) is 17.0. The average Bonchev–Trinajstić information content (AvgIpc) is 3.14. The molecule has 2 aromatic heterocycles. The summed E-state index contributed by atoms with van der Waals surface area (Å²) in [6, 6.07) is 24.1. The Morgan fingerprint density at radius 3 is 2.48 bits per heavy atom. The van der Waals surface area contributed by atoms with Crippen molar-refractivity contribution in [2.75, 3.05) is 5.43 Å². The number of fused-ring (bicyclic) bond motifs is 2. The van der Waals surface area contributed by atoms with Gasteiger partial charge in [0.25, 0.3) is 0 Å². The lowest BCUT2D eigenvalue weighted by Crippen LogP contribution is -2.08. The highest BCUT2D eigenvalue weighted by atomic mass is 79.9. The summed E-state index contributed by atoms with van der Waals surface area (Å²) in [5.41, 5.74) is 8.50. The number of anilines is 1. The average molecular weight is 471 g/mol. The summed E-state index contributed by atoms with van der Waals surface area (Å²) >= 11 is 3.55. The van der Waals surface area contributed by atoms with E-state index >= 15 is 0 Å². The molecule has 0 aliphatic carbocycles. The van der Waals surface area contributed by atoms with Gasteiger partial charge in [-0.2, -0.15) is 5.10 Å². The maximum atomic E-state index is 4.77. The molecule has 0 unspecified atom stereocenters. The van der Waals surface area contributed by atoms with Gasteiger partial charge in [0, 0.05) is 22.5 Å². The molecule has 0 amide bonds. The Morgan fingerprint density at radius 2 is 1.68 bits per heavy atom. The van der Waals surface area contributed by atoms with Crippen LogP contribution < -0.4 is 5.43 Å². The first-order valence-corrected chi connectivity index (χ1v) is 10.6. The number of benzene rings is 3. The minimum atomic E-state index is 0.437. The van der Waals surface area contributed by atoms with Crippen molar-refractivity contribution in [3.8, 4) is 11.3 Å². The summed E-state index contributed by atoms with van der Waals surface area (Å²) in [6.45, 7) is 1.92. The Balaban J connectivity index is 1.56. The van der Waals surface area contributed by atoms with E-state index < -0.39 is 0 Å². The molecule has 0 bridgehead atoms. The van der Waals surface area contributed by atoms with Gasteiger partial charge >= 0.3 is 0 Å². The van der Waals surface area contributed by atoms with Gasteiger partial charge in [-0.1, -0.05) is 58.4 Å². The molecule has 0 saturated carbocycles. The third-order valence-corrected chi connectivity index (χ3v) is 5.63. The molecular weight excluding hydrogens is 452 g/mol. The maximum Gasteiger partial charge on any atom is 0.244 e. The highest BCUT2D eigenvalue weighted by Gasteiger charge is 2.12. The molecule has 0 spiro atoms. The number of para-hydroxylation sites is 2. The standard InChI is InChI=1S/C24H19BrN6/c1-15(23-26-20-10-6-7-11-21(20)31(23)2)29-30-24-27-19-13-12-17(25)14-18(19)22(28-24)16-8-4-3-5-9-16/h3-14H,1-2H3,(H,27,28,30)/b29-15+. The van der Waals surface area contributed by atoms with E-state index in [1.54, 1.807) is 0 Å². The molecule has 6 nitrogen and oxygen atoms in total. The zero-order chi connectivity index (χ0) is 21.4. The summed E-state index contributed by atoms with van der Waals surface area (Å²) in [4.78, 5) is 14.1. The molecule has 0 atom stereocenters. The van der Waals surface area contributed by atoms with Gasteiger partial charge in [0.2, 0.25) is 5.95 Å². The minimum Gasteiger partial charge on any atom is -0.326 e. The molecule has 3 aromatic carbocycles. The third-order valence-electron chi connectivity index (χ3n) is 5.14. The maximum absolute atomic E-state index is 4.77. The highest BCUT2D eigenvalue weighted by molar-refractivity contribution is 9.10. The first kappa shape index (κ1) is 19.4. The number of nitrogens with zero attached hydrogens (tertiary/aromatic N) is 5. The van der Waals surface area contributed by atoms with Crippen molar-refractivity contribution in [2.24, 2.45) is 12.1 Å². The van der Waals surface area contributed by atoms with Gasteiger partial charge in [-0.05, 0) is 37.3 Å². The van der Waals surface area contributed by atoms with Crippen LogP contribution in [0.3, 0.4) is 0 Å². The van der Waals surface area contributed by atoms with Crippen molar-refractivity contribution < 1.29 is 0 Å². The van der Waals surface area contributed by atoms with E-state index in [-0.39, 0.29) is 0 Å². The number of hydrazone groups is 1. The largest absolute Gasteiger partial charge is 0.326 e. The van der Waals surface area contributed by atoms with Crippen molar-refractivity contribution in [1.82, 2.24) is 19.5 Å². The number of hydrogen-bond acceptors (Lipinski definition) is 5. The quantitative estimate of drug-likeness (QED) is 0.267. The van der Waals surface area contributed by atoms with Crippen molar-refractivity contribution in [3.63, 3.8) is 0 Å². The fraction of sp³-hybridized carbons (Fsp3) is 0.0833. The van der Waals surface area contributed by atoms with Gasteiger partial charge in [0.05, 0.1) is 22.2 Å². The summed E-state index contributed by atoms with van der Waals surface area (Å²) < 4.78 is 3.02. The second kappa shape index (κ2) is 7.92. The molecule has 2 heterocycles. The number of hydrogen-bond donors (Lipinski definition) is 1. The lowest BCUT2D eigenvalue weighted by atomic mass is 10.1. The van der Waals surface area contributed by atoms with E-state index in [2.05, 4.69) is 31.4 Å². The molecule has 0 aliphatic rings. The highest BCUT2D eigenvalue weighted by Crippen LogP contribution is 2.29. The van der Waals surface area contributed by atoms with Crippen molar-refractivity contribution >= 4 is 49.5 Å². The molecule has 5 aromatic rings. The first-order chi connectivity index (χ1) is 15.1. The number of aromatic nitrogens is 4. The predicted molar refractivity (Wildman–Crippen MR) is 129 cm³/mol. The summed E-state index contributed by atoms with van der Waals surface area (Å²) in [6.07, 6.45) is 0. The van der Waals surface area contributed by atoms with E-state index in [1.807, 2.05) is 91.3 Å². The van der Waals surface area contributed by atoms with Crippen molar-refractivity contribution in [2.45, 2.75) is 6.92 Å². The van der Waals surface area contributed by atoms with Crippen LogP contribution in [0.2, 0.25) is 0 Å². The van der Waals surface area contributed by atoms with Crippen LogP contribution in [-0.4, -0.2) is 25.2 Å². The van der Waals surface area contributed by atoms with Gasteiger partial charge < -0.3 is 4.57 Å². The molecule has 0 saturated heterocycles. The van der Waals surface area contributed by atoms with Gasteiger partial charge in [-0.3, -0.25) is 0 Å². The zero-order valence-corrected chi connectivity index (χ0v) is 18.6. The lowest BCUT2D eigenvalue weighted by molar-refractivity contribution is 0.926. The van der Waals surface area contributed by atoms with E-state index in [0.717, 1.165) is 49.2 Å². The van der Waals surface area contributed by atoms with Crippen molar-refractivity contribution in [1.29, 1.82) is 0 Å². The van der Waals surface area contributed by atoms with Crippen LogP contribution in [0.15, 0.2) is 82.4 Å². The van der Waals surface area contributed by atoms with Crippen LogP contribution in [0.5, 0.6) is 0 Å². The van der Waals surface area contributed by atoms with E-state index in [4.69, 9.17) is 9.97 Å². The van der Waals surface area contributed by atoms with Gasteiger partial charge in [-0.15, -0.1) is 0 Å². The third kappa shape index (κ3) is 3.68. The Morgan fingerprint density at radius 1 is 0.903 bits per heavy atom. The SMILES string of the molecule is C/C(=N\Nc1nc(-c2ccccc2)c2cc(Br)ccc2n1)c1nc2ccccc2n1C. The van der Waals surface area contributed by atoms with Crippen LogP contribution in [0, 0.1) is 0 Å². The predicted octanol–water partition coefficient (Wildman–Crippen LogP) is 5.78. The summed E-state index contributed by atoms with van der Waals surface area (Å²) in [5.74, 6) is 1.23. The molecule has 7 heteroatoms. The number of rotatable bonds is 4. The Hall–Kier alpha value is -3.58. The smallest absolute Gasteiger partial charge is 0.244 e. The topological polar surface area (TPSA) is 68.0 Å².